The molecule has 0 aromatic heterocycles. The average Bonchev–Trinajstić information content (AvgIpc) is 1.88. The van der Waals surface area contributed by atoms with E-state index in [1.54, 1.807) is 0 Å². The number of hydrogen-bond acceptors (Lipinski definition) is 1. The lowest BCUT2D eigenvalue weighted by Gasteiger charge is -2.26. The van der Waals surface area contributed by atoms with Crippen LogP contribution < -0.4 is 0 Å². The molecule has 0 spiro atoms. The van der Waals surface area contributed by atoms with Crippen molar-refractivity contribution in [3.05, 3.63) is 0 Å². The van der Waals surface area contributed by atoms with Crippen LogP contribution in [0.3, 0.4) is 0 Å². The van der Waals surface area contributed by atoms with Gasteiger partial charge in [0.25, 0.3) is 0 Å². The van der Waals surface area contributed by atoms with E-state index >= 15 is 0 Å². The molecule has 68 valence electrons. The van der Waals surface area contributed by atoms with Crippen molar-refractivity contribution in [2.75, 3.05) is 6.61 Å². The van der Waals surface area contributed by atoms with E-state index in [0.29, 0.717) is 0 Å². The zero-order valence-electron chi connectivity index (χ0n) is 7.98. The summed E-state index contributed by atoms with van der Waals surface area (Å²) in [5, 5.41) is 0.271. The summed E-state index contributed by atoms with van der Waals surface area (Å²) in [6, 6.07) is 0. The lowest BCUT2D eigenvalue weighted by Crippen LogP contribution is -2.41. The van der Waals surface area contributed by atoms with E-state index in [-0.39, 0.29) is 5.00 Å². The van der Waals surface area contributed by atoms with E-state index in [4.69, 9.17) is 16.0 Å². The third-order valence-electron chi connectivity index (χ3n) is 1.81. The SMILES string of the molecule is CCCC(Cl)[Si](C)(C)OCC. The third kappa shape index (κ3) is 4.14. The smallest absolute Gasteiger partial charge is 0.204 e. The molecule has 0 aliphatic carbocycles. The van der Waals surface area contributed by atoms with Gasteiger partial charge < -0.3 is 4.43 Å². The fraction of sp³-hybridized carbons (Fsp3) is 1.00. The maximum atomic E-state index is 6.19. The van der Waals surface area contributed by atoms with Crippen molar-refractivity contribution in [1.82, 2.24) is 0 Å². The van der Waals surface area contributed by atoms with Crippen LogP contribution in [-0.4, -0.2) is 19.9 Å². The van der Waals surface area contributed by atoms with Crippen LogP contribution in [0.5, 0.6) is 0 Å². The zero-order valence-corrected chi connectivity index (χ0v) is 9.74. The summed E-state index contributed by atoms with van der Waals surface area (Å²) in [7, 11) is -1.56. The number of halogens is 1. The van der Waals surface area contributed by atoms with Crippen LogP contribution in [0, 0.1) is 0 Å². The average molecular weight is 195 g/mol. The van der Waals surface area contributed by atoms with Crippen molar-refractivity contribution in [3.63, 3.8) is 0 Å². The molecule has 3 heteroatoms. The van der Waals surface area contributed by atoms with Gasteiger partial charge in [-0.25, -0.2) is 0 Å². The third-order valence-corrected chi connectivity index (χ3v) is 6.44. The Balaban J connectivity index is 3.83. The molecular formula is C8H19ClOSi. The summed E-state index contributed by atoms with van der Waals surface area (Å²) in [5.74, 6) is 0. The summed E-state index contributed by atoms with van der Waals surface area (Å²) < 4.78 is 5.65. The first-order valence-electron chi connectivity index (χ1n) is 4.32. The number of rotatable bonds is 5. The first kappa shape index (κ1) is 11.5. The molecule has 1 nitrogen and oxygen atoms in total. The second kappa shape index (κ2) is 5.17. The van der Waals surface area contributed by atoms with Gasteiger partial charge in [0.15, 0.2) is 0 Å². The minimum absolute atomic E-state index is 0.271. The summed E-state index contributed by atoms with van der Waals surface area (Å²) >= 11 is 6.19. The van der Waals surface area contributed by atoms with Crippen LogP contribution in [0.2, 0.25) is 13.1 Å². The molecule has 0 rings (SSSR count). The molecule has 0 aromatic carbocycles. The normalized spacial score (nSPS) is 15.0. The van der Waals surface area contributed by atoms with Crippen molar-refractivity contribution in [1.29, 1.82) is 0 Å². The first-order valence-corrected chi connectivity index (χ1v) is 7.74. The van der Waals surface area contributed by atoms with Gasteiger partial charge in [-0.05, 0) is 26.4 Å². The van der Waals surface area contributed by atoms with Crippen LogP contribution in [0.25, 0.3) is 0 Å². The highest BCUT2D eigenvalue weighted by atomic mass is 35.5. The highest BCUT2D eigenvalue weighted by molar-refractivity contribution is 6.79. The van der Waals surface area contributed by atoms with Gasteiger partial charge in [-0.3, -0.25) is 0 Å². The molecule has 0 heterocycles. The summed E-state index contributed by atoms with van der Waals surface area (Å²) in [5.41, 5.74) is 0. The fourth-order valence-electron chi connectivity index (χ4n) is 1.06. The maximum Gasteiger partial charge on any atom is 0.204 e. The highest BCUT2D eigenvalue weighted by Crippen LogP contribution is 2.20. The molecule has 0 amide bonds. The Morgan fingerprint density at radius 2 is 1.91 bits per heavy atom. The second-order valence-electron chi connectivity index (χ2n) is 3.29. The van der Waals surface area contributed by atoms with Crippen molar-refractivity contribution in [3.8, 4) is 0 Å². The van der Waals surface area contributed by atoms with E-state index in [1.165, 1.54) is 0 Å². The Hall–Kier alpha value is 0.467. The minimum Gasteiger partial charge on any atom is -0.416 e. The topological polar surface area (TPSA) is 9.23 Å². The molecule has 0 saturated heterocycles. The van der Waals surface area contributed by atoms with E-state index in [0.717, 1.165) is 19.4 Å². The fourth-order valence-corrected chi connectivity index (χ4v) is 3.38. The molecule has 1 atom stereocenters. The molecule has 0 aliphatic rings. The molecule has 0 saturated carbocycles. The summed E-state index contributed by atoms with van der Waals surface area (Å²) in [4.78, 5) is 0. The van der Waals surface area contributed by atoms with Crippen LogP contribution in [-0.2, 0) is 4.43 Å². The Bertz CT molecular complexity index is 106. The first-order chi connectivity index (χ1) is 5.04. The van der Waals surface area contributed by atoms with E-state index in [2.05, 4.69) is 20.0 Å². The van der Waals surface area contributed by atoms with E-state index in [9.17, 15) is 0 Å². The lowest BCUT2D eigenvalue weighted by molar-refractivity contribution is 0.325. The van der Waals surface area contributed by atoms with Gasteiger partial charge in [-0.1, -0.05) is 13.3 Å². The predicted octanol–water partition coefficient (Wildman–Crippen LogP) is 3.17. The Labute approximate surface area is 76.2 Å². The molecule has 0 aromatic rings. The molecule has 0 radical (unpaired) electrons. The lowest BCUT2D eigenvalue weighted by atomic mass is 10.4. The van der Waals surface area contributed by atoms with Crippen LogP contribution in [0.1, 0.15) is 26.7 Å². The van der Waals surface area contributed by atoms with Crippen LogP contribution in [0.4, 0.5) is 0 Å². The Kier molecular flexibility index (Phi) is 5.39. The molecule has 11 heavy (non-hydrogen) atoms. The van der Waals surface area contributed by atoms with Gasteiger partial charge in [0.2, 0.25) is 8.32 Å². The van der Waals surface area contributed by atoms with Gasteiger partial charge in [0.1, 0.15) is 0 Å². The number of hydrogen-bond donors (Lipinski definition) is 0. The van der Waals surface area contributed by atoms with Gasteiger partial charge in [0.05, 0.1) is 5.00 Å². The standard InChI is InChI=1S/C8H19ClOSi/c1-5-7-8(9)11(3,4)10-6-2/h8H,5-7H2,1-4H3. The highest BCUT2D eigenvalue weighted by Gasteiger charge is 2.30. The van der Waals surface area contributed by atoms with E-state index < -0.39 is 8.32 Å². The van der Waals surface area contributed by atoms with Gasteiger partial charge in [0, 0.05) is 6.61 Å². The molecular weight excluding hydrogens is 176 g/mol. The van der Waals surface area contributed by atoms with Crippen molar-refractivity contribution < 1.29 is 4.43 Å². The number of alkyl halides is 1. The van der Waals surface area contributed by atoms with Gasteiger partial charge in [-0.2, -0.15) is 0 Å². The van der Waals surface area contributed by atoms with Crippen LogP contribution >= 0.6 is 11.6 Å². The molecule has 0 bridgehead atoms. The van der Waals surface area contributed by atoms with Gasteiger partial charge in [-0.15, -0.1) is 11.6 Å². The van der Waals surface area contributed by atoms with Crippen molar-refractivity contribution in [2.45, 2.75) is 44.8 Å². The van der Waals surface area contributed by atoms with Crippen molar-refractivity contribution in [2.24, 2.45) is 0 Å². The summed E-state index contributed by atoms with van der Waals surface area (Å²) in [6.07, 6.45) is 2.23. The van der Waals surface area contributed by atoms with Crippen molar-refractivity contribution >= 4 is 19.9 Å². The molecule has 0 N–H and O–H groups in total. The molecule has 1 unspecified atom stereocenters. The maximum absolute atomic E-state index is 6.19. The molecule has 0 aliphatic heterocycles. The second-order valence-corrected chi connectivity index (χ2v) is 8.38. The quantitative estimate of drug-likeness (QED) is 0.483. The minimum atomic E-state index is -1.56. The Morgan fingerprint density at radius 1 is 1.36 bits per heavy atom. The molecule has 0 fully saturated rings. The zero-order chi connectivity index (χ0) is 8.91. The predicted molar refractivity (Wildman–Crippen MR) is 53.7 cm³/mol. The Morgan fingerprint density at radius 3 is 2.27 bits per heavy atom. The van der Waals surface area contributed by atoms with E-state index in [1.807, 2.05) is 6.92 Å². The van der Waals surface area contributed by atoms with Gasteiger partial charge >= 0.3 is 0 Å². The largest absolute Gasteiger partial charge is 0.416 e. The monoisotopic (exact) mass is 194 g/mol. The van der Waals surface area contributed by atoms with Crippen LogP contribution in [0.15, 0.2) is 0 Å². The summed E-state index contributed by atoms with van der Waals surface area (Å²) in [6.45, 7) is 9.36.